The molecule has 0 atom stereocenters. The Labute approximate surface area is 195 Å². The number of urea groups is 1. The van der Waals surface area contributed by atoms with Gasteiger partial charge in [0.2, 0.25) is 5.88 Å². The molecule has 0 bridgehead atoms. The number of nitrogens with one attached hydrogen (secondary N) is 2. The fraction of sp³-hybridized carbons (Fsp3) is 0.250. The normalized spacial score (nSPS) is 13.8. The summed E-state index contributed by atoms with van der Waals surface area (Å²) >= 11 is 0. The van der Waals surface area contributed by atoms with Crippen LogP contribution in [0.1, 0.15) is 5.56 Å². The van der Waals surface area contributed by atoms with Crippen LogP contribution in [-0.2, 0) is 6.54 Å². The van der Waals surface area contributed by atoms with Crippen LogP contribution < -0.4 is 15.0 Å². The van der Waals surface area contributed by atoms with Gasteiger partial charge in [0.05, 0.1) is 12.5 Å². The molecule has 174 valence electrons. The third kappa shape index (κ3) is 4.47. The Kier molecular flexibility index (Phi) is 5.94. The molecule has 2 N–H and O–H groups in total. The van der Waals surface area contributed by atoms with Crippen LogP contribution in [0.2, 0.25) is 0 Å². The number of hydrogen-bond acceptors (Lipinski definition) is 6. The smallest absolute Gasteiger partial charge is 0.317 e. The van der Waals surface area contributed by atoms with Crippen LogP contribution >= 0.6 is 0 Å². The van der Waals surface area contributed by atoms with E-state index in [0.717, 1.165) is 33.7 Å². The molecule has 3 aromatic heterocycles. The standard InChI is InChI=1S/C24H24FN7O2/c1-34-21-7-2-16(13-26-21)14-27-24(33)32-10-8-31(9-11-32)23-19-12-20(30-22(19)28-15-29-23)17-3-5-18(25)6-4-17/h2-7,12-13,15H,8-11,14H2,1H3,(H,27,33)(H,28,29,30). The summed E-state index contributed by atoms with van der Waals surface area (Å²) in [6.45, 7) is 2.86. The van der Waals surface area contributed by atoms with E-state index in [2.05, 4.69) is 30.2 Å². The topological polar surface area (TPSA) is 99.3 Å². The van der Waals surface area contributed by atoms with Crippen molar-refractivity contribution in [3.63, 3.8) is 0 Å². The van der Waals surface area contributed by atoms with Crippen molar-refractivity contribution in [3.05, 3.63) is 66.4 Å². The fourth-order valence-corrected chi connectivity index (χ4v) is 4.01. The number of carbonyl (C=O) groups is 1. The number of fused-ring (bicyclic) bond motifs is 1. The van der Waals surface area contributed by atoms with E-state index in [9.17, 15) is 9.18 Å². The number of pyridine rings is 1. The number of methoxy groups -OCH3 is 1. The molecule has 10 heteroatoms. The first-order valence-corrected chi connectivity index (χ1v) is 11.0. The SMILES string of the molecule is COc1ccc(CNC(=O)N2CCN(c3ncnc4[nH]c(-c5ccc(F)cc5)cc34)CC2)cn1. The summed E-state index contributed by atoms with van der Waals surface area (Å²) in [5, 5.41) is 3.84. The summed E-state index contributed by atoms with van der Waals surface area (Å²) in [4.78, 5) is 32.9. The minimum absolute atomic E-state index is 0.108. The van der Waals surface area contributed by atoms with Gasteiger partial charge in [-0.1, -0.05) is 6.07 Å². The first kappa shape index (κ1) is 21.6. The lowest BCUT2D eigenvalue weighted by atomic mass is 10.1. The molecular weight excluding hydrogens is 437 g/mol. The van der Waals surface area contributed by atoms with Crippen molar-refractivity contribution in [2.45, 2.75) is 6.54 Å². The molecular formula is C24H24FN7O2. The fourth-order valence-electron chi connectivity index (χ4n) is 4.01. The molecule has 34 heavy (non-hydrogen) atoms. The molecule has 0 spiro atoms. The van der Waals surface area contributed by atoms with E-state index in [-0.39, 0.29) is 11.8 Å². The molecule has 4 heterocycles. The van der Waals surface area contributed by atoms with Gasteiger partial charge in [-0.2, -0.15) is 0 Å². The number of hydrogen-bond donors (Lipinski definition) is 2. The number of aromatic nitrogens is 4. The van der Waals surface area contributed by atoms with Crippen molar-refractivity contribution in [1.29, 1.82) is 0 Å². The van der Waals surface area contributed by atoms with Crippen LogP contribution in [0.5, 0.6) is 5.88 Å². The summed E-state index contributed by atoms with van der Waals surface area (Å²) < 4.78 is 18.3. The Bertz CT molecular complexity index is 1280. The number of carbonyl (C=O) groups excluding carboxylic acids is 1. The number of piperazine rings is 1. The maximum absolute atomic E-state index is 13.3. The number of nitrogens with zero attached hydrogens (tertiary/aromatic N) is 5. The van der Waals surface area contributed by atoms with Crippen molar-refractivity contribution >= 4 is 22.9 Å². The molecule has 0 aliphatic carbocycles. The number of aromatic amines is 1. The average molecular weight is 462 g/mol. The van der Waals surface area contributed by atoms with Crippen molar-refractivity contribution in [2.75, 3.05) is 38.2 Å². The molecule has 1 aliphatic rings. The highest BCUT2D eigenvalue weighted by atomic mass is 19.1. The molecule has 0 radical (unpaired) electrons. The van der Waals surface area contributed by atoms with E-state index in [1.54, 1.807) is 36.4 Å². The molecule has 0 saturated carbocycles. The highest BCUT2D eigenvalue weighted by Crippen LogP contribution is 2.29. The summed E-state index contributed by atoms with van der Waals surface area (Å²) in [7, 11) is 1.57. The Morgan fingerprint density at radius 1 is 1.09 bits per heavy atom. The van der Waals surface area contributed by atoms with E-state index < -0.39 is 0 Å². The van der Waals surface area contributed by atoms with Crippen molar-refractivity contribution in [2.24, 2.45) is 0 Å². The number of halogens is 1. The Balaban J connectivity index is 1.23. The number of amides is 2. The first-order valence-electron chi connectivity index (χ1n) is 11.0. The summed E-state index contributed by atoms with van der Waals surface area (Å²) in [6, 6.07) is 11.8. The molecule has 1 fully saturated rings. The van der Waals surface area contributed by atoms with E-state index in [4.69, 9.17) is 4.74 Å². The van der Waals surface area contributed by atoms with Crippen LogP contribution in [0.25, 0.3) is 22.3 Å². The maximum Gasteiger partial charge on any atom is 0.317 e. The quantitative estimate of drug-likeness (QED) is 0.474. The second-order valence-corrected chi connectivity index (χ2v) is 7.99. The van der Waals surface area contributed by atoms with Gasteiger partial charge in [-0.05, 0) is 41.5 Å². The lowest BCUT2D eigenvalue weighted by Crippen LogP contribution is -2.52. The zero-order chi connectivity index (χ0) is 23.5. The van der Waals surface area contributed by atoms with E-state index in [0.29, 0.717) is 38.6 Å². The number of ether oxygens (including phenoxy) is 1. The van der Waals surface area contributed by atoms with Crippen molar-refractivity contribution < 1.29 is 13.9 Å². The predicted octanol–water partition coefficient (Wildman–Crippen LogP) is 3.20. The Morgan fingerprint density at radius 2 is 1.88 bits per heavy atom. The van der Waals surface area contributed by atoms with Crippen LogP contribution in [0.4, 0.5) is 15.0 Å². The van der Waals surface area contributed by atoms with Gasteiger partial charge in [-0.15, -0.1) is 0 Å². The molecule has 4 aromatic rings. The van der Waals surface area contributed by atoms with Crippen LogP contribution in [-0.4, -0.2) is 64.2 Å². The van der Waals surface area contributed by atoms with Gasteiger partial charge in [0.15, 0.2) is 0 Å². The van der Waals surface area contributed by atoms with Gasteiger partial charge in [0.25, 0.3) is 0 Å². The summed E-state index contributed by atoms with van der Waals surface area (Å²) in [5.74, 6) is 1.08. The van der Waals surface area contributed by atoms with Gasteiger partial charge in [-0.25, -0.2) is 24.1 Å². The Hall–Kier alpha value is -4.21. The van der Waals surface area contributed by atoms with Gasteiger partial charge in [0, 0.05) is 50.7 Å². The van der Waals surface area contributed by atoms with Gasteiger partial charge in [-0.3, -0.25) is 0 Å². The van der Waals surface area contributed by atoms with E-state index >= 15 is 0 Å². The lowest BCUT2D eigenvalue weighted by Gasteiger charge is -2.35. The van der Waals surface area contributed by atoms with Crippen LogP contribution in [0.15, 0.2) is 55.0 Å². The van der Waals surface area contributed by atoms with Crippen LogP contribution in [0.3, 0.4) is 0 Å². The molecule has 0 unspecified atom stereocenters. The number of benzene rings is 1. The van der Waals surface area contributed by atoms with Crippen LogP contribution in [0, 0.1) is 5.82 Å². The molecule has 9 nitrogen and oxygen atoms in total. The molecule has 5 rings (SSSR count). The highest BCUT2D eigenvalue weighted by molar-refractivity contribution is 5.92. The average Bonchev–Trinajstić information content (AvgIpc) is 3.32. The van der Waals surface area contributed by atoms with Gasteiger partial charge in [0.1, 0.15) is 23.6 Å². The molecule has 1 saturated heterocycles. The number of H-pyrrole nitrogens is 1. The van der Waals surface area contributed by atoms with Gasteiger partial charge < -0.3 is 24.8 Å². The Morgan fingerprint density at radius 3 is 2.59 bits per heavy atom. The number of rotatable bonds is 5. The molecule has 2 amide bonds. The summed E-state index contributed by atoms with van der Waals surface area (Å²) in [5.41, 5.74) is 3.35. The zero-order valence-electron chi connectivity index (χ0n) is 18.7. The monoisotopic (exact) mass is 461 g/mol. The molecule has 1 aromatic carbocycles. The first-order chi connectivity index (χ1) is 16.6. The summed E-state index contributed by atoms with van der Waals surface area (Å²) in [6.07, 6.45) is 3.22. The zero-order valence-corrected chi connectivity index (χ0v) is 18.7. The molecule has 1 aliphatic heterocycles. The van der Waals surface area contributed by atoms with Crippen molar-refractivity contribution in [3.8, 4) is 17.1 Å². The highest BCUT2D eigenvalue weighted by Gasteiger charge is 2.23. The third-order valence-corrected chi connectivity index (χ3v) is 5.88. The maximum atomic E-state index is 13.3. The lowest BCUT2D eigenvalue weighted by molar-refractivity contribution is 0.194. The van der Waals surface area contributed by atoms with Gasteiger partial charge >= 0.3 is 6.03 Å². The predicted molar refractivity (Wildman–Crippen MR) is 126 cm³/mol. The largest absolute Gasteiger partial charge is 0.481 e. The van der Waals surface area contributed by atoms with E-state index in [1.807, 2.05) is 12.1 Å². The minimum atomic E-state index is -0.275. The third-order valence-electron chi connectivity index (χ3n) is 5.88. The number of anilines is 1. The van der Waals surface area contributed by atoms with Crippen molar-refractivity contribution in [1.82, 2.24) is 30.2 Å². The second kappa shape index (κ2) is 9.34. The van der Waals surface area contributed by atoms with E-state index in [1.165, 1.54) is 18.5 Å². The second-order valence-electron chi connectivity index (χ2n) is 7.99. The minimum Gasteiger partial charge on any atom is -0.481 e.